The summed E-state index contributed by atoms with van der Waals surface area (Å²) >= 11 is 0. The van der Waals surface area contributed by atoms with Gasteiger partial charge in [-0.3, -0.25) is 9.13 Å². The average Bonchev–Trinajstić information content (AvgIpc) is 3.62. The third kappa shape index (κ3) is 4.21. The van der Waals surface area contributed by atoms with Crippen molar-refractivity contribution in [2.24, 2.45) is 0 Å². The summed E-state index contributed by atoms with van der Waals surface area (Å²) in [6.07, 6.45) is 13.9. The van der Waals surface area contributed by atoms with E-state index in [1.54, 1.807) is 4.57 Å². The minimum Gasteiger partial charge on any atom is -0.368 e. The van der Waals surface area contributed by atoms with E-state index in [0.29, 0.717) is 12.4 Å². The molecule has 4 heterocycles. The molecule has 9 heteroatoms. The summed E-state index contributed by atoms with van der Waals surface area (Å²) in [6.45, 7) is 9.03. The quantitative estimate of drug-likeness (QED) is 0.415. The molecule has 4 aromatic rings. The number of hydrogen-bond donors (Lipinski definition) is 2. The predicted molar refractivity (Wildman–Crippen MR) is 140 cm³/mol. The van der Waals surface area contributed by atoms with Crippen molar-refractivity contribution in [1.29, 1.82) is 0 Å². The van der Waals surface area contributed by atoms with Gasteiger partial charge in [-0.05, 0) is 68.6 Å². The van der Waals surface area contributed by atoms with Crippen LogP contribution < -0.4 is 11.0 Å². The first-order valence-electron chi connectivity index (χ1n) is 12.3. The SMILES string of the molecule is CCCc1cn(-c2cccn2C(C)(C)C)c(=O)n1CC1(c2cccc(-c3nn[nH]n3)c2)C=CNC=C1. The molecule has 0 spiro atoms. The first-order valence-corrected chi connectivity index (χ1v) is 12.3. The number of dihydropyridines is 1. The van der Waals surface area contributed by atoms with Gasteiger partial charge in [0.15, 0.2) is 0 Å². The lowest BCUT2D eigenvalue weighted by atomic mass is 9.78. The second-order valence-electron chi connectivity index (χ2n) is 10.2. The summed E-state index contributed by atoms with van der Waals surface area (Å²) < 4.78 is 5.85. The van der Waals surface area contributed by atoms with Crippen LogP contribution in [0.4, 0.5) is 0 Å². The Morgan fingerprint density at radius 1 is 1.08 bits per heavy atom. The fourth-order valence-corrected chi connectivity index (χ4v) is 4.84. The normalized spacial score (nSPS) is 14.8. The van der Waals surface area contributed by atoms with E-state index in [2.05, 4.69) is 82.5 Å². The molecule has 36 heavy (non-hydrogen) atoms. The molecular weight excluding hydrogens is 452 g/mol. The lowest BCUT2D eigenvalue weighted by molar-refractivity contribution is 0.392. The number of H-pyrrole nitrogens is 1. The Hall–Kier alpha value is -4.14. The van der Waals surface area contributed by atoms with Crippen molar-refractivity contribution < 1.29 is 0 Å². The highest BCUT2D eigenvalue weighted by atomic mass is 16.1. The van der Waals surface area contributed by atoms with Gasteiger partial charge in [0, 0.05) is 35.7 Å². The highest BCUT2D eigenvalue weighted by Gasteiger charge is 2.32. The molecule has 2 N–H and O–H groups in total. The number of aromatic nitrogens is 7. The maximum absolute atomic E-state index is 14.0. The lowest BCUT2D eigenvalue weighted by Crippen LogP contribution is -2.36. The van der Waals surface area contributed by atoms with Crippen molar-refractivity contribution in [1.82, 2.24) is 39.6 Å². The van der Waals surface area contributed by atoms with Gasteiger partial charge in [0.1, 0.15) is 5.82 Å². The van der Waals surface area contributed by atoms with Gasteiger partial charge in [-0.25, -0.2) is 4.79 Å². The van der Waals surface area contributed by atoms with Crippen molar-refractivity contribution in [2.45, 2.75) is 58.0 Å². The maximum Gasteiger partial charge on any atom is 0.334 e. The van der Waals surface area contributed by atoms with Gasteiger partial charge in [-0.2, -0.15) is 5.21 Å². The van der Waals surface area contributed by atoms with E-state index >= 15 is 0 Å². The van der Waals surface area contributed by atoms with Gasteiger partial charge >= 0.3 is 5.69 Å². The largest absolute Gasteiger partial charge is 0.368 e. The minimum absolute atomic E-state index is 0.0447. The molecule has 0 bridgehead atoms. The van der Waals surface area contributed by atoms with Crippen LogP contribution in [-0.2, 0) is 23.9 Å². The van der Waals surface area contributed by atoms with Gasteiger partial charge in [0.25, 0.3) is 0 Å². The predicted octanol–water partition coefficient (Wildman–Crippen LogP) is 3.90. The zero-order chi connectivity index (χ0) is 25.3. The summed E-state index contributed by atoms with van der Waals surface area (Å²) in [6, 6.07) is 12.1. The van der Waals surface area contributed by atoms with Crippen LogP contribution in [0, 0.1) is 0 Å². The molecule has 0 saturated heterocycles. The van der Waals surface area contributed by atoms with Crippen LogP contribution in [0.5, 0.6) is 0 Å². The van der Waals surface area contributed by atoms with Gasteiger partial charge in [-0.15, -0.1) is 10.2 Å². The van der Waals surface area contributed by atoms with Crippen LogP contribution in [0.2, 0.25) is 0 Å². The molecular formula is C27H32N8O. The van der Waals surface area contributed by atoms with Crippen molar-refractivity contribution in [2.75, 3.05) is 0 Å². The van der Waals surface area contributed by atoms with E-state index in [-0.39, 0.29) is 11.2 Å². The molecule has 0 fully saturated rings. The Bertz CT molecular complexity index is 1450. The molecule has 9 nitrogen and oxygen atoms in total. The number of nitrogens with one attached hydrogen (secondary N) is 2. The van der Waals surface area contributed by atoms with Gasteiger partial charge in [-0.1, -0.05) is 43.7 Å². The van der Waals surface area contributed by atoms with Crippen LogP contribution in [0.25, 0.3) is 17.2 Å². The second kappa shape index (κ2) is 9.14. The molecule has 0 amide bonds. The van der Waals surface area contributed by atoms with Crippen LogP contribution in [0.3, 0.4) is 0 Å². The molecule has 5 rings (SSSR count). The fraction of sp³-hybridized carbons (Fsp3) is 0.333. The molecule has 3 aromatic heterocycles. The molecule has 0 saturated carbocycles. The van der Waals surface area contributed by atoms with Gasteiger partial charge in [0.05, 0.1) is 5.41 Å². The Morgan fingerprint density at radius 3 is 2.58 bits per heavy atom. The first kappa shape index (κ1) is 23.6. The maximum atomic E-state index is 14.0. The number of hydrogen-bond acceptors (Lipinski definition) is 5. The number of aromatic amines is 1. The molecule has 0 unspecified atom stereocenters. The summed E-state index contributed by atoms with van der Waals surface area (Å²) in [4.78, 5) is 14.0. The Labute approximate surface area is 210 Å². The van der Waals surface area contributed by atoms with Gasteiger partial charge in [0.2, 0.25) is 5.82 Å². The van der Waals surface area contributed by atoms with E-state index in [0.717, 1.165) is 35.5 Å². The first-order chi connectivity index (χ1) is 17.3. The average molecular weight is 485 g/mol. The molecule has 1 aliphatic rings. The highest BCUT2D eigenvalue weighted by Crippen LogP contribution is 2.33. The monoisotopic (exact) mass is 484 g/mol. The zero-order valence-electron chi connectivity index (χ0n) is 21.1. The Morgan fingerprint density at radius 2 is 1.89 bits per heavy atom. The van der Waals surface area contributed by atoms with Crippen LogP contribution in [0.1, 0.15) is 45.4 Å². The van der Waals surface area contributed by atoms with Crippen molar-refractivity contribution in [3.8, 4) is 17.2 Å². The lowest BCUT2D eigenvalue weighted by Gasteiger charge is -2.31. The fourth-order valence-electron chi connectivity index (χ4n) is 4.84. The standard InChI is InChI=1S/C27H32N8O/c1-5-8-22-18-33(23-11-7-16-35(23)26(2,3)4)25(36)34(22)19-27(12-14-28-15-13-27)21-10-6-9-20(17-21)24-29-31-32-30-24/h6-7,9-18,28H,5,8,19H2,1-4H3,(H,29,30,31,32). The molecule has 0 radical (unpaired) electrons. The van der Waals surface area contributed by atoms with E-state index in [1.165, 1.54) is 0 Å². The topological polar surface area (TPSA) is 98.4 Å². The Kier molecular flexibility index (Phi) is 5.99. The molecule has 1 aliphatic heterocycles. The smallest absolute Gasteiger partial charge is 0.334 e. The molecule has 0 aliphatic carbocycles. The number of tetrazole rings is 1. The number of allylic oxidation sites excluding steroid dienone is 2. The molecule has 1 aromatic carbocycles. The summed E-state index contributed by atoms with van der Waals surface area (Å²) in [5.74, 6) is 1.40. The van der Waals surface area contributed by atoms with E-state index in [9.17, 15) is 4.79 Å². The second-order valence-corrected chi connectivity index (χ2v) is 10.2. The molecule has 186 valence electrons. The van der Waals surface area contributed by atoms with Crippen molar-refractivity contribution in [3.63, 3.8) is 0 Å². The summed E-state index contributed by atoms with van der Waals surface area (Å²) in [7, 11) is 0. The third-order valence-electron chi connectivity index (χ3n) is 6.64. The van der Waals surface area contributed by atoms with E-state index in [1.807, 2.05) is 53.6 Å². The van der Waals surface area contributed by atoms with E-state index in [4.69, 9.17) is 0 Å². The third-order valence-corrected chi connectivity index (χ3v) is 6.64. The van der Waals surface area contributed by atoms with Crippen molar-refractivity contribution >= 4 is 0 Å². The van der Waals surface area contributed by atoms with Gasteiger partial charge < -0.3 is 9.88 Å². The van der Waals surface area contributed by atoms with Crippen LogP contribution in [-0.4, -0.2) is 34.3 Å². The van der Waals surface area contributed by atoms with Crippen molar-refractivity contribution in [3.05, 3.63) is 95.1 Å². The molecule has 0 atom stereocenters. The highest BCUT2D eigenvalue weighted by molar-refractivity contribution is 5.57. The van der Waals surface area contributed by atoms with E-state index < -0.39 is 5.41 Å². The number of rotatable bonds is 7. The number of aryl methyl sites for hydroxylation is 1. The van der Waals surface area contributed by atoms with Crippen LogP contribution >= 0.6 is 0 Å². The minimum atomic E-state index is -0.532. The van der Waals surface area contributed by atoms with Crippen LogP contribution in [0.15, 0.2) is 78.1 Å². The Balaban J connectivity index is 1.63. The number of benzene rings is 1. The zero-order valence-corrected chi connectivity index (χ0v) is 21.1. The summed E-state index contributed by atoms with van der Waals surface area (Å²) in [5, 5.41) is 17.6. The summed E-state index contributed by atoms with van der Waals surface area (Å²) in [5.41, 5.74) is 2.19. The number of imidazole rings is 1. The number of nitrogens with zero attached hydrogens (tertiary/aromatic N) is 6.